The number of aromatic nitrogens is 1. The molecule has 2 saturated heterocycles. The number of sulfonamides is 1. The smallest absolute Gasteiger partial charge is 0.260 e. The molecule has 2 aromatic carbocycles. The molecule has 2 aliphatic rings. The number of carbonyl (C=O) groups excluding carboxylic acids is 1. The summed E-state index contributed by atoms with van der Waals surface area (Å²) < 4.78 is 34.7. The van der Waals surface area contributed by atoms with Gasteiger partial charge >= 0.3 is 0 Å². The number of anilines is 1. The monoisotopic (exact) mass is 527 g/mol. The summed E-state index contributed by atoms with van der Waals surface area (Å²) in [4.78, 5) is 20.5. The highest BCUT2D eigenvalue weighted by atomic mass is 32.2. The van der Waals surface area contributed by atoms with Gasteiger partial charge in [-0.2, -0.15) is 4.31 Å². The van der Waals surface area contributed by atoms with Crippen LogP contribution in [0.4, 0.5) is 5.13 Å². The minimum absolute atomic E-state index is 0.0377. The van der Waals surface area contributed by atoms with E-state index in [4.69, 9.17) is 9.72 Å². The van der Waals surface area contributed by atoms with Crippen LogP contribution in [0.15, 0.2) is 41.3 Å². The van der Waals surface area contributed by atoms with Crippen molar-refractivity contribution >= 4 is 42.6 Å². The standard InChI is InChI=1S/C27H33N3O4S2/c1-18-12-14-29(15-13-18)36(32,33)23-10-8-21(9-11-23)26(31)30(17-22-5-4-16-34-22)27-28-24-19(2)6-7-20(3)25(24)35-27/h6-11,18,22H,4-5,12-17H2,1-3H3. The van der Waals surface area contributed by atoms with Crippen molar-refractivity contribution in [3.8, 4) is 0 Å². The first kappa shape index (κ1) is 25.3. The van der Waals surface area contributed by atoms with Gasteiger partial charge in [0, 0.05) is 25.3 Å². The van der Waals surface area contributed by atoms with Crippen LogP contribution in [0.2, 0.25) is 0 Å². The fraction of sp³-hybridized carbons (Fsp3) is 0.481. The number of piperidine rings is 1. The zero-order valence-electron chi connectivity index (χ0n) is 21.1. The van der Waals surface area contributed by atoms with Crippen LogP contribution in [0.1, 0.15) is 54.1 Å². The summed E-state index contributed by atoms with van der Waals surface area (Å²) in [5.74, 6) is 0.344. The van der Waals surface area contributed by atoms with Crippen LogP contribution in [-0.2, 0) is 14.8 Å². The first-order valence-corrected chi connectivity index (χ1v) is 14.9. The Morgan fingerprint density at radius 3 is 2.42 bits per heavy atom. The van der Waals surface area contributed by atoms with E-state index in [2.05, 4.69) is 26.0 Å². The van der Waals surface area contributed by atoms with Crippen LogP contribution in [0.3, 0.4) is 0 Å². The number of rotatable bonds is 6. The summed E-state index contributed by atoms with van der Waals surface area (Å²) >= 11 is 1.51. The zero-order chi connectivity index (χ0) is 25.4. The Morgan fingerprint density at radius 1 is 1.08 bits per heavy atom. The third kappa shape index (κ3) is 4.94. The van der Waals surface area contributed by atoms with Gasteiger partial charge < -0.3 is 4.74 Å². The summed E-state index contributed by atoms with van der Waals surface area (Å²) in [5.41, 5.74) is 3.55. The average molecular weight is 528 g/mol. The number of hydrogen-bond donors (Lipinski definition) is 0. The molecule has 3 aromatic rings. The minimum Gasteiger partial charge on any atom is -0.376 e. The predicted molar refractivity (Wildman–Crippen MR) is 143 cm³/mol. The maximum atomic E-state index is 13.8. The third-order valence-electron chi connectivity index (χ3n) is 7.30. The van der Waals surface area contributed by atoms with E-state index in [1.165, 1.54) is 11.3 Å². The molecule has 192 valence electrons. The number of nitrogens with zero attached hydrogens (tertiary/aromatic N) is 3. The normalized spacial score (nSPS) is 19.7. The molecule has 0 N–H and O–H groups in total. The summed E-state index contributed by atoms with van der Waals surface area (Å²) in [6, 6.07) is 10.5. The van der Waals surface area contributed by atoms with E-state index in [0.717, 1.165) is 47.0 Å². The van der Waals surface area contributed by atoms with Crippen LogP contribution in [0, 0.1) is 19.8 Å². The second-order valence-corrected chi connectivity index (χ2v) is 13.0. The van der Waals surface area contributed by atoms with Crippen molar-refractivity contribution in [2.75, 3.05) is 31.1 Å². The van der Waals surface area contributed by atoms with Gasteiger partial charge in [0.1, 0.15) is 0 Å². The molecule has 7 nitrogen and oxygen atoms in total. The van der Waals surface area contributed by atoms with Crippen LogP contribution < -0.4 is 4.90 Å². The first-order valence-electron chi connectivity index (χ1n) is 12.6. The lowest BCUT2D eigenvalue weighted by molar-refractivity contribution is 0.0917. The molecule has 36 heavy (non-hydrogen) atoms. The van der Waals surface area contributed by atoms with E-state index in [-0.39, 0.29) is 16.9 Å². The van der Waals surface area contributed by atoms with Crippen molar-refractivity contribution in [3.05, 3.63) is 53.1 Å². The van der Waals surface area contributed by atoms with E-state index in [0.29, 0.717) is 42.9 Å². The highest BCUT2D eigenvalue weighted by Gasteiger charge is 2.30. The van der Waals surface area contributed by atoms with Crippen LogP contribution in [0.25, 0.3) is 10.2 Å². The Labute approximate surface area is 217 Å². The molecule has 1 amide bonds. The summed E-state index contributed by atoms with van der Waals surface area (Å²) in [5, 5.41) is 0.641. The maximum Gasteiger partial charge on any atom is 0.260 e. The first-order chi connectivity index (χ1) is 17.2. The lowest BCUT2D eigenvalue weighted by atomic mass is 10.0. The topological polar surface area (TPSA) is 79.8 Å². The van der Waals surface area contributed by atoms with Crippen molar-refractivity contribution in [2.45, 2.75) is 57.5 Å². The van der Waals surface area contributed by atoms with Crippen LogP contribution >= 0.6 is 11.3 Å². The van der Waals surface area contributed by atoms with Crippen molar-refractivity contribution in [1.29, 1.82) is 0 Å². The fourth-order valence-corrected chi connectivity index (χ4v) is 7.49. The van der Waals surface area contributed by atoms with Gasteiger partial charge in [0.05, 0.1) is 27.8 Å². The van der Waals surface area contributed by atoms with E-state index >= 15 is 0 Å². The van der Waals surface area contributed by atoms with Gasteiger partial charge in [-0.05, 0) is 80.8 Å². The Bertz CT molecular complexity index is 1310. The molecule has 0 bridgehead atoms. The summed E-state index contributed by atoms with van der Waals surface area (Å²) in [6.07, 6.45) is 3.58. The molecule has 1 atom stereocenters. The molecule has 1 aromatic heterocycles. The molecule has 0 radical (unpaired) electrons. The molecular weight excluding hydrogens is 494 g/mol. The Balaban J connectivity index is 1.44. The van der Waals surface area contributed by atoms with Gasteiger partial charge in [0.2, 0.25) is 10.0 Å². The van der Waals surface area contributed by atoms with Crippen LogP contribution in [0.5, 0.6) is 0 Å². The molecule has 3 heterocycles. The lowest BCUT2D eigenvalue weighted by Crippen LogP contribution is -2.38. The molecule has 0 spiro atoms. The SMILES string of the molecule is Cc1ccc(C)c2sc(N(CC3CCCO3)C(=O)c3ccc(S(=O)(=O)N4CCC(C)CC4)cc3)nc12. The fourth-order valence-electron chi connectivity index (χ4n) is 4.90. The van der Waals surface area contributed by atoms with Gasteiger partial charge in [0.25, 0.3) is 5.91 Å². The maximum absolute atomic E-state index is 13.8. The average Bonchev–Trinajstić information content (AvgIpc) is 3.56. The minimum atomic E-state index is -3.57. The number of ether oxygens (including phenoxy) is 1. The van der Waals surface area contributed by atoms with E-state index in [1.807, 2.05) is 6.92 Å². The third-order valence-corrected chi connectivity index (χ3v) is 10.4. The number of benzene rings is 2. The van der Waals surface area contributed by atoms with E-state index in [1.54, 1.807) is 33.5 Å². The van der Waals surface area contributed by atoms with Gasteiger partial charge in [0.15, 0.2) is 5.13 Å². The Morgan fingerprint density at radius 2 is 1.78 bits per heavy atom. The van der Waals surface area contributed by atoms with Crippen LogP contribution in [-0.4, -0.2) is 56.0 Å². The number of aryl methyl sites for hydroxylation is 2. The van der Waals surface area contributed by atoms with E-state index < -0.39 is 10.0 Å². The number of hydrogen-bond acceptors (Lipinski definition) is 6. The second-order valence-electron chi connectivity index (χ2n) is 10.0. The predicted octanol–water partition coefficient (Wildman–Crippen LogP) is 5.16. The lowest BCUT2D eigenvalue weighted by Gasteiger charge is -2.29. The number of thiazole rings is 1. The van der Waals surface area contributed by atoms with Crippen molar-refractivity contribution in [2.24, 2.45) is 5.92 Å². The van der Waals surface area contributed by atoms with Crippen molar-refractivity contribution in [3.63, 3.8) is 0 Å². The molecule has 2 fully saturated rings. The Hall–Kier alpha value is -2.33. The molecule has 2 aliphatic heterocycles. The number of carbonyl (C=O) groups is 1. The van der Waals surface area contributed by atoms with Gasteiger partial charge in [-0.25, -0.2) is 13.4 Å². The van der Waals surface area contributed by atoms with Gasteiger partial charge in [-0.3, -0.25) is 9.69 Å². The van der Waals surface area contributed by atoms with E-state index in [9.17, 15) is 13.2 Å². The second kappa shape index (κ2) is 10.2. The highest BCUT2D eigenvalue weighted by molar-refractivity contribution is 7.89. The van der Waals surface area contributed by atoms with Crippen molar-refractivity contribution in [1.82, 2.24) is 9.29 Å². The summed E-state index contributed by atoms with van der Waals surface area (Å²) in [7, 11) is -3.57. The zero-order valence-corrected chi connectivity index (χ0v) is 22.7. The van der Waals surface area contributed by atoms with Gasteiger partial charge in [-0.15, -0.1) is 0 Å². The Kier molecular flexibility index (Phi) is 7.18. The number of fused-ring (bicyclic) bond motifs is 1. The van der Waals surface area contributed by atoms with Crippen molar-refractivity contribution < 1.29 is 17.9 Å². The molecule has 1 unspecified atom stereocenters. The summed E-state index contributed by atoms with van der Waals surface area (Å²) in [6.45, 7) is 8.43. The molecular formula is C27H33N3O4S2. The molecule has 0 aliphatic carbocycles. The number of amides is 1. The quantitative estimate of drug-likeness (QED) is 0.442. The molecule has 9 heteroatoms. The molecule has 0 saturated carbocycles. The molecule has 5 rings (SSSR count). The highest BCUT2D eigenvalue weighted by Crippen LogP contribution is 2.34. The van der Waals surface area contributed by atoms with Gasteiger partial charge in [-0.1, -0.05) is 30.4 Å². The largest absolute Gasteiger partial charge is 0.376 e.